The van der Waals surface area contributed by atoms with E-state index >= 15 is 0 Å². The summed E-state index contributed by atoms with van der Waals surface area (Å²) in [6.07, 6.45) is 2.77. The van der Waals surface area contributed by atoms with Gasteiger partial charge >= 0.3 is 5.97 Å². The summed E-state index contributed by atoms with van der Waals surface area (Å²) >= 11 is 0. The number of hydrogen-bond donors (Lipinski definition) is 0. The molecule has 0 aromatic heterocycles. The zero-order valence-electron chi connectivity index (χ0n) is 11.6. The van der Waals surface area contributed by atoms with Gasteiger partial charge in [0.15, 0.2) is 0 Å². The lowest BCUT2D eigenvalue weighted by molar-refractivity contribution is -0.160. The first-order valence-electron chi connectivity index (χ1n) is 5.91. The molecule has 0 bridgehead atoms. The third kappa shape index (κ3) is 5.38. The van der Waals surface area contributed by atoms with Crippen molar-refractivity contribution in [2.75, 3.05) is 7.11 Å². The van der Waals surface area contributed by atoms with Crippen molar-refractivity contribution in [3.8, 4) is 5.75 Å². The van der Waals surface area contributed by atoms with Gasteiger partial charge in [-0.15, -0.1) is 0 Å². The van der Waals surface area contributed by atoms with Gasteiger partial charge in [-0.3, -0.25) is 4.79 Å². The Morgan fingerprint density at radius 3 is 2.16 bits per heavy atom. The zero-order valence-corrected chi connectivity index (χ0v) is 11.6. The Labute approximate surface area is 113 Å². The number of hydrogen-bond acceptors (Lipinski definition) is 4. The van der Waals surface area contributed by atoms with E-state index in [1.807, 2.05) is 0 Å². The average molecular weight is 262 g/mol. The van der Waals surface area contributed by atoms with Gasteiger partial charge in [0.1, 0.15) is 11.4 Å². The molecule has 4 nitrogen and oxygen atoms in total. The van der Waals surface area contributed by atoms with Crippen molar-refractivity contribution in [1.29, 1.82) is 0 Å². The van der Waals surface area contributed by atoms with E-state index in [1.54, 1.807) is 58.2 Å². The minimum Gasteiger partial charge on any atom is -0.497 e. The molecule has 0 aliphatic carbocycles. The molecule has 0 unspecified atom stereocenters. The van der Waals surface area contributed by atoms with E-state index in [1.165, 1.54) is 6.08 Å². The molecule has 0 atom stereocenters. The summed E-state index contributed by atoms with van der Waals surface area (Å²) in [7, 11) is 1.58. The van der Waals surface area contributed by atoms with Crippen LogP contribution < -0.4 is 4.74 Å². The summed E-state index contributed by atoms with van der Waals surface area (Å²) in [5, 5.41) is 0. The Hall–Kier alpha value is -2.10. The van der Waals surface area contributed by atoms with Crippen LogP contribution in [-0.4, -0.2) is 24.5 Å². The fraction of sp³-hybridized carbons (Fsp3) is 0.333. The van der Waals surface area contributed by atoms with Gasteiger partial charge in [-0.05, 0) is 44.5 Å². The molecular weight excluding hydrogens is 244 g/mol. The molecule has 102 valence electrons. The summed E-state index contributed by atoms with van der Waals surface area (Å²) in [5.41, 5.74) is 0.137. The number of rotatable bonds is 4. The van der Waals surface area contributed by atoms with Gasteiger partial charge in [0, 0.05) is 0 Å². The van der Waals surface area contributed by atoms with Crippen LogP contribution in [0.1, 0.15) is 26.3 Å². The van der Waals surface area contributed by atoms with Crippen LogP contribution in [0.5, 0.6) is 5.75 Å². The van der Waals surface area contributed by atoms with Crippen LogP contribution >= 0.6 is 0 Å². The SMILES string of the molecule is COc1ccc(/C=C/C(=O)C(=O)OC(C)(C)C)cc1. The molecule has 0 spiro atoms. The second kappa shape index (κ2) is 6.18. The third-order valence-electron chi connectivity index (χ3n) is 2.14. The number of ketones is 1. The van der Waals surface area contributed by atoms with E-state index in [0.29, 0.717) is 0 Å². The van der Waals surface area contributed by atoms with Crippen molar-refractivity contribution in [1.82, 2.24) is 0 Å². The van der Waals surface area contributed by atoms with Crippen LogP contribution in [0.2, 0.25) is 0 Å². The second-order valence-electron chi connectivity index (χ2n) is 4.97. The van der Waals surface area contributed by atoms with Gasteiger partial charge in [-0.1, -0.05) is 18.2 Å². The van der Waals surface area contributed by atoms with E-state index in [0.717, 1.165) is 11.3 Å². The molecule has 0 aliphatic rings. The summed E-state index contributed by atoms with van der Waals surface area (Å²) in [4.78, 5) is 23.0. The van der Waals surface area contributed by atoms with Crippen LogP contribution in [0, 0.1) is 0 Å². The molecule has 0 fully saturated rings. The first-order valence-corrected chi connectivity index (χ1v) is 5.91. The lowest BCUT2D eigenvalue weighted by atomic mass is 10.1. The van der Waals surface area contributed by atoms with Gasteiger partial charge in [-0.25, -0.2) is 4.79 Å². The van der Waals surface area contributed by atoms with Crippen molar-refractivity contribution in [2.24, 2.45) is 0 Å². The third-order valence-corrected chi connectivity index (χ3v) is 2.14. The number of methoxy groups -OCH3 is 1. The second-order valence-corrected chi connectivity index (χ2v) is 4.97. The maximum absolute atomic E-state index is 11.5. The van der Waals surface area contributed by atoms with Gasteiger partial charge in [0.2, 0.25) is 0 Å². The van der Waals surface area contributed by atoms with E-state index in [4.69, 9.17) is 9.47 Å². The molecule has 4 heteroatoms. The van der Waals surface area contributed by atoms with E-state index in [-0.39, 0.29) is 0 Å². The molecule has 0 radical (unpaired) electrons. The summed E-state index contributed by atoms with van der Waals surface area (Å²) in [6.45, 7) is 5.14. The Bertz CT molecular complexity index is 478. The normalized spacial score (nSPS) is 11.4. The Morgan fingerprint density at radius 1 is 1.11 bits per heavy atom. The summed E-state index contributed by atoms with van der Waals surface area (Å²) in [5.74, 6) is -0.793. The highest BCUT2D eigenvalue weighted by Crippen LogP contribution is 2.12. The van der Waals surface area contributed by atoms with Gasteiger partial charge < -0.3 is 9.47 Å². The average Bonchev–Trinajstić information content (AvgIpc) is 2.34. The van der Waals surface area contributed by atoms with Crippen LogP contribution in [0.4, 0.5) is 0 Å². The highest BCUT2D eigenvalue weighted by Gasteiger charge is 2.20. The highest BCUT2D eigenvalue weighted by atomic mass is 16.6. The van der Waals surface area contributed by atoms with Crippen LogP contribution in [0.3, 0.4) is 0 Å². The molecule has 0 amide bonds. The maximum Gasteiger partial charge on any atom is 0.379 e. The van der Waals surface area contributed by atoms with Gasteiger partial charge in [-0.2, -0.15) is 0 Å². The lowest BCUT2D eigenvalue weighted by Crippen LogP contribution is -2.27. The first-order chi connectivity index (χ1) is 8.81. The smallest absolute Gasteiger partial charge is 0.379 e. The van der Waals surface area contributed by atoms with E-state index in [2.05, 4.69) is 0 Å². The van der Waals surface area contributed by atoms with Crippen LogP contribution in [0.25, 0.3) is 6.08 Å². The van der Waals surface area contributed by atoms with Crippen molar-refractivity contribution < 1.29 is 19.1 Å². The van der Waals surface area contributed by atoms with Gasteiger partial charge in [0.25, 0.3) is 5.78 Å². The minimum atomic E-state index is -0.850. The molecule has 0 N–H and O–H groups in total. The highest BCUT2D eigenvalue weighted by molar-refractivity contribution is 6.39. The number of benzene rings is 1. The molecule has 1 aromatic rings. The van der Waals surface area contributed by atoms with Crippen molar-refractivity contribution in [2.45, 2.75) is 26.4 Å². The maximum atomic E-state index is 11.5. The van der Waals surface area contributed by atoms with Crippen molar-refractivity contribution in [3.05, 3.63) is 35.9 Å². The van der Waals surface area contributed by atoms with Crippen molar-refractivity contribution >= 4 is 17.8 Å². The first kappa shape index (κ1) is 15.0. The van der Waals surface area contributed by atoms with Gasteiger partial charge in [0.05, 0.1) is 7.11 Å². The molecular formula is C15H18O4. The predicted molar refractivity (Wildman–Crippen MR) is 72.9 cm³/mol. The molecule has 0 heterocycles. The summed E-state index contributed by atoms with van der Waals surface area (Å²) in [6, 6.07) is 7.13. The largest absolute Gasteiger partial charge is 0.497 e. The standard InChI is InChI=1S/C15H18O4/c1-15(2,3)19-14(17)13(16)10-7-11-5-8-12(18-4)9-6-11/h5-10H,1-4H3/b10-7+. The molecule has 19 heavy (non-hydrogen) atoms. The van der Waals surface area contributed by atoms with Crippen LogP contribution in [-0.2, 0) is 14.3 Å². The fourth-order valence-electron chi connectivity index (χ4n) is 1.28. The number of ether oxygens (including phenoxy) is 2. The number of carbonyl (C=O) groups excluding carboxylic acids is 2. The van der Waals surface area contributed by atoms with Crippen molar-refractivity contribution in [3.63, 3.8) is 0 Å². The summed E-state index contributed by atoms with van der Waals surface area (Å²) < 4.78 is 9.99. The zero-order chi connectivity index (χ0) is 14.5. The minimum absolute atomic E-state index is 0.666. The Morgan fingerprint density at radius 2 is 1.68 bits per heavy atom. The van der Waals surface area contributed by atoms with Crippen LogP contribution in [0.15, 0.2) is 30.3 Å². The Kier molecular flexibility index (Phi) is 4.87. The van der Waals surface area contributed by atoms with E-state index in [9.17, 15) is 9.59 Å². The fourth-order valence-corrected chi connectivity index (χ4v) is 1.28. The lowest BCUT2D eigenvalue weighted by Gasteiger charge is -2.18. The quantitative estimate of drug-likeness (QED) is 0.475. The topological polar surface area (TPSA) is 52.6 Å². The predicted octanol–water partition coefficient (Wildman–Crippen LogP) is 2.62. The molecule has 0 saturated heterocycles. The number of esters is 1. The van der Waals surface area contributed by atoms with E-state index < -0.39 is 17.4 Å². The monoisotopic (exact) mass is 262 g/mol. The molecule has 0 saturated carbocycles. The Balaban J connectivity index is 2.65. The molecule has 0 aliphatic heterocycles. The molecule has 1 aromatic carbocycles. The number of carbonyl (C=O) groups is 2. The molecule has 1 rings (SSSR count).